The second-order valence-electron chi connectivity index (χ2n) is 14.1. The van der Waals surface area contributed by atoms with Gasteiger partial charge in [-0.05, 0) is 43.7 Å². The third kappa shape index (κ3) is 9.75. The third-order valence-electron chi connectivity index (χ3n) is 9.58. The van der Waals surface area contributed by atoms with E-state index < -0.39 is 23.6 Å². The van der Waals surface area contributed by atoms with Crippen LogP contribution in [0.5, 0.6) is 11.5 Å². The number of aromatic amines is 1. The molecule has 2 aromatic carbocycles. The number of carbonyl (C=O) groups is 4. The number of nitrogens with zero attached hydrogens (tertiary/aromatic N) is 6. The van der Waals surface area contributed by atoms with Crippen LogP contribution in [-0.2, 0) is 29.0 Å². The Morgan fingerprint density at radius 1 is 0.806 bits per heavy atom. The van der Waals surface area contributed by atoms with E-state index in [9.17, 15) is 19.2 Å². The average Bonchev–Trinajstić information content (AvgIpc) is 4.03. The van der Waals surface area contributed by atoms with Crippen LogP contribution in [0.25, 0.3) is 22.1 Å². The number of nitrogens with two attached hydrogens (primary N) is 1. The van der Waals surface area contributed by atoms with E-state index in [-0.39, 0.29) is 87.1 Å². The highest BCUT2D eigenvalue weighted by molar-refractivity contribution is 6.05. The van der Waals surface area contributed by atoms with E-state index in [1.54, 1.807) is 41.2 Å². The molecule has 0 bridgehead atoms. The van der Waals surface area contributed by atoms with E-state index >= 15 is 0 Å². The van der Waals surface area contributed by atoms with E-state index in [1.807, 2.05) is 19.1 Å². The molecule has 0 radical (unpaired) electrons. The summed E-state index contributed by atoms with van der Waals surface area (Å²) >= 11 is 0. The largest absolute Gasteiger partial charge is 0.491 e. The van der Waals surface area contributed by atoms with Gasteiger partial charge in [0.1, 0.15) is 22.5 Å². The van der Waals surface area contributed by atoms with Crippen molar-refractivity contribution < 1.29 is 47.6 Å². The highest BCUT2D eigenvalue weighted by Gasteiger charge is 2.25. The number of imidazole rings is 2. The SMILES string of the molecule is CCc1nc(C)oc1C(=O)Nc1nc2cc(C(N)=O)cc3c2n1C/C=C/Cn1c(NC(=O)c2cc(C)[nH]n2)nc2cc(C(=O)NCCOCCOCCO)cc(c21)OCCCO3. The molecule has 1 aliphatic heterocycles. The van der Waals surface area contributed by atoms with Gasteiger partial charge in [0, 0.05) is 49.8 Å². The summed E-state index contributed by atoms with van der Waals surface area (Å²) in [7, 11) is 0. The number of aryl methyl sites for hydroxylation is 3. The van der Waals surface area contributed by atoms with Crippen LogP contribution in [0, 0.1) is 13.8 Å². The number of oxazole rings is 1. The quantitative estimate of drug-likeness (QED) is 0.0640. The molecule has 4 amide bonds. The summed E-state index contributed by atoms with van der Waals surface area (Å²) in [5.74, 6) is -0.836. The maximum Gasteiger partial charge on any atom is 0.295 e. The summed E-state index contributed by atoms with van der Waals surface area (Å²) in [6.07, 6.45) is 4.47. The van der Waals surface area contributed by atoms with Crippen LogP contribution in [0.3, 0.4) is 0 Å². The van der Waals surface area contributed by atoms with Gasteiger partial charge in [-0.3, -0.25) is 34.9 Å². The number of carbonyl (C=O) groups excluding carboxylic acids is 4. The van der Waals surface area contributed by atoms with Gasteiger partial charge in [-0.2, -0.15) is 5.10 Å². The van der Waals surface area contributed by atoms with Gasteiger partial charge in [-0.1, -0.05) is 19.1 Å². The monoisotopic (exact) mass is 853 g/mol. The van der Waals surface area contributed by atoms with Crippen LogP contribution < -0.4 is 31.2 Å². The Hall–Kier alpha value is -7.10. The minimum atomic E-state index is -0.694. The van der Waals surface area contributed by atoms with E-state index in [4.69, 9.17) is 44.2 Å². The molecular weight excluding hydrogens is 807 g/mol. The fourth-order valence-corrected chi connectivity index (χ4v) is 6.75. The Labute approximate surface area is 354 Å². The van der Waals surface area contributed by atoms with E-state index in [1.165, 1.54) is 12.1 Å². The molecule has 6 aromatic rings. The first-order valence-corrected chi connectivity index (χ1v) is 20.0. The lowest BCUT2D eigenvalue weighted by Crippen LogP contribution is -2.27. The molecule has 4 aromatic heterocycles. The van der Waals surface area contributed by atoms with Crippen LogP contribution in [0.1, 0.15) is 72.4 Å². The number of aliphatic hydroxyl groups is 1. The van der Waals surface area contributed by atoms with Crippen molar-refractivity contribution in [3.05, 3.63) is 82.3 Å². The van der Waals surface area contributed by atoms with Crippen LogP contribution in [0.4, 0.5) is 11.9 Å². The van der Waals surface area contributed by atoms with Gasteiger partial charge in [-0.25, -0.2) is 15.0 Å². The number of amides is 4. The van der Waals surface area contributed by atoms with Crippen molar-refractivity contribution in [2.75, 3.05) is 63.4 Å². The molecule has 7 N–H and O–H groups in total. The summed E-state index contributed by atoms with van der Waals surface area (Å²) in [4.78, 5) is 66.7. The standard InChI is InChI=1S/C41H47N11O10/c1-4-27-35(62-24(3)44-27)39(57)48-41-45-28-19-25(36(42)54)21-31-33(28)52(41)10-6-5-9-51-34-29(46-40(51)47-38(56)30-18-23(2)49-50-30)20-26(22-32(34)61-13-7-12-60-31)37(55)43-8-14-58-16-17-59-15-11-53/h5-6,18-22,53H,4,7-17H2,1-3H3,(H2,42,54)(H,43,55)(H,49,50)(H,45,48,57)(H,46,47,56)/b6-5+. The molecule has 21 nitrogen and oxygen atoms in total. The van der Waals surface area contributed by atoms with Crippen LogP contribution in [0.15, 0.2) is 46.9 Å². The fraction of sp³-hybridized carbons (Fsp3) is 0.366. The lowest BCUT2D eigenvalue weighted by atomic mass is 10.1. The van der Waals surface area contributed by atoms with Crippen molar-refractivity contribution in [2.24, 2.45) is 5.73 Å². The molecule has 326 valence electrons. The molecule has 62 heavy (non-hydrogen) atoms. The molecule has 1 aliphatic rings. The zero-order chi connectivity index (χ0) is 43.8. The van der Waals surface area contributed by atoms with Crippen molar-refractivity contribution >= 4 is 57.6 Å². The Balaban J connectivity index is 1.24. The predicted molar refractivity (Wildman–Crippen MR) is 224 cm³/mol. The van der Waals surface area contributed by atoms with Crippen molar-refractivity contribution in [3.63, 3.8) is 0 Å². The Bertz CT molecular complexity index is 2640. The lowest BCUT2D eigenvalue weighted by Gasteiger charge is -2.14. The summed E-state index contributed by atoms with van der Waals surface area (Å²) in [5, 5.41) is 24.3. The second-order valence-corrected chi connectivity index (χ2v) is 14.1. The van der Waals surface area contributed by atoms with Crippen LogP contribution in [0.2, 0.25) is 0 Å². The van der Waals surface area contributed by atoms with Gasteiger partial charge >= 0.3 is 0 Å². The van der Waals surface area contributed by atoms with Gasteiger partial charge in [0.05, 0.1) is 63.0 Å². The zero-order valence-corrected chi connectivity index (χ0v) is 34.4. The van der Waals surface area contributed by atoms with E-state index in [2.05, 4.69) is 31.1 Å². The predicted octanol–water partition coefficient (Wildman–Crippen LogP) is 3.05. The minimum Gasteiger partial charge on any atom is -0.491 e. The van der Waals surface area contributed by atoms with Crippen molar-refractivity contribution in [2.45, 2.75) is 46.7 Å². The number of hydrogen-bond acceptors (Lipinski definition) is 14. The van der Waals surface area contributed by atoms with Crippen LogP contribution >= 0.6 is 0 Å². The number of H-pyrrole nitrogens is 1. The smallest absolute Gasteiger partial charge is 0.295 e. The number of anilines is 2. The van der Waals surface area contributed by atoms with Gasteiger partial charge in [0.2, 0.25) is 23.6 Å². The van der Waals surface area contributed by atoms with Crippen molar-refractivity contribution in [3.8, 4) is 11.5 Å². The number of benzene rings is 2. The number of hydrogen-bond donors (Lipinski definition) is 6. The maximum atomic E-state index is 13.6. The molecule has 0 unspecified atom stereocenters. The van der Waals surface area contributed by atoms with E-state index in [0.717, 1.165) is 0 Å². The van der Waals surface area contributed by atoms with Gasteiger partial charge in [0.15, 0.2) is 11.6 Å². The highest BCUT2D eigenvalue weighted by atomic mass is 16.5. The first-order valence-electron chi connectivity index (χ1n) is 20.0. The molecule has 21 heteroatoms. The summed E-state index contributed by atoms with van der Waals surface area (Å²) in [6, 6.07) is 7.88. The fourth-order valence-electron chi connectivity index (χ4n) is 6.75. The lowest BCUT2D eigenvalue weighted by molar-refractivity contribution is 0.0338. The van der Waals surface area contributed by atoms with Gasteiger partial charge < -0.3 is 48.7 Å². The number of aliphatic hydroxyl groups excluding tert-OH is 1. The van der Waals surface area contributed by atoms with Crippen molar-refractivity contribution in [1.29, 1.82) is 0 Å². The van der Waals surface area contributed by atoms with Crippen LogP contribution in [-0.4, -0.2) is 116 Å². The number of primary amides is 1. The zero-order valence-electron chi connectivity index (χ0n) is 34.4. The van der Waals surface area contributed by atoms with Gasteiger partial charge in [-0.15, -0.1) is 0 Å². The third-order valence-corrected chi connectivity index (χ3v) is 9.58. The maximum absolute atomic E-state index is 13.6. The van der Waals surface area contributed by atoms with E-state index in [0.29, 0.717) is 76.9 Å². The molecule has 0 spiro atoms. The summed E-state index contributed by atoms with van der Waals surface area (Å²) in [6.45, 7) is 7.04. The Morgan fingerprint density at radius 3 is 2.02 bits per heavy atom. The summed E-state index contributed by atoms with van der Waals surface area (Å²) in [5.41, 5.74) is 9.16. The highest BCUT2D eigenvalue weighted by Crippen LogP contribution is 2.34. The topological polar surface area (TPSA) is 278 Å². The average molecular weight is 854 g/mol. The number of aromatic nitrogens is 7. The Morgan fingerprint density at radius 2 is 1.42 bits per heavy atom. The Kier molecular flexibility index (Phi) is 13.5. The molecule has 0 aliphatic carbocycles. The number of allylic oxidation sites excluding steroid dienone is 2. The first-order chi connectivity index (χ1) is 30.0. The first kappa shape index (κ1) is 43.0. The number of nitrogens with one attached hydrogen (secondary N) is 4. The molecule has 5 heterocycles. The molecule has 7 rings (SSSR count). The van der Waals surface area contributed by atoms with Crippen molar-refractivity contribution in [1.82, 2.24) is 39.6 Å². The molecule has 0 fully saturated rings. The molecular formula is C41H47N11O10. The molecule has 0 saturated heterocycles. The number of rotatable bonds is 15. The van der Waals surface area contributed by atoms with Gasteiger partial charge in [0.25, 0.3) is 17.7 Å². The molecule has 0 saturated carbocycles. The second kappa shape index (κ2) is 19.5. The minimum absolute atomic E-state index is 0.0562. The normalized spacial score (nSPS) is 13.5. The summed E-state index contributed by atoms with van der Waals surface area (Å²) < 4.78 is 32.5. The number of ether oxygens (including phenoxy) is 4. The molecule has 0 atom stereocenters.